The number of benzene rings is 1. The molecule has 0 saturated carbocycles. The third-order valence-electron chi connectivity index (χ3n) is 4.38. The quantitative estimate of drug-likeness (QED) is 0.420. The van der Waals surface area contributed by atoms with Crippen LogP contribution in [0.4, 0.5) is 5.69 Å². The molecule has 4 aromatic rings. The number of carbonyl (C=O) groups excluding carboxylic acids is 1. The van der Waals surface area contributed by atoms with Crippen LogP contribution in [-0.4, -0.2) is 43.2 Å². The summed E-state index contributed by atoms with van der Waals surface area (Å²) in [4.78, 5) is 14.9. The van der Waals surface area contributed by atoms with Crippen molar-refractivity contribution in [2.24, 2.45) is 0 Å². The Labute approximate surface area is 181 Å². The number of fused-ring (bicyclic) bond motifs is 1. The smallest absolute Gasteiger partial charge is 0.312 e. The Hall–Kier alpha value is -2.76. The Balaban J connectivity index is 1.68. The van der Waals surface area contributed by atoms with E-state index in [1.165, 1.54) is 34.0 Å². The van der Waals surface area contributed by atoms with E-state index in [-0.39, 0.29) is 16.6 Å². The summed E-state index contributed by atoms with van der Waals surface area (Å²) in [5.41, 5.74) is 1.91. The largest absolute Gasteiger partial charge is 0.466 e. The summed E-state index contributed by atoms with van der Waals surface area (Å²) < 4.78 is 32.4. The normalized spacial score (nSPS) is 11.7. The average molecular weight is 463 g/mol. The SMILES string of the molecule is CCOC(=O)Cc1nnc(-c2cc3cccc(N(C)S(=O)(=O)c4cccs4)c3[nH]2)s1. The molecule has 0 spiro atoms. The molecule has 0 saturated heterocycles. The molecule has 8 nitrogen and oxygen atoms in total. The highest BCUT2D eigenvalue weighted by Crippen LogP contribution is 2.34. The van der Waals surface area contributed by atoms with Crippen molar-refractivity contribution < 1.29 is 17.9 Å². The number of nitrogens with zero attached hydrogens (tertiary/aromatic N) is 3. The van der Waals surface area contributed by atoms with Crippen molar-refractivity contribution in [1.29, 1.82) is 0 Å². The van der Waals surface area contributed by atoms with Crippen LogP contribution in [0, 0.1) is 0 Å². The minimum absolute atomic E-state index is 0.0682. The van der Waals surface area contributed by atoms with E-state index in [2.05, 4.69) is 15.2 Å². The number of carbonyl (C=O) groups is 1. The van der Waals surface area contributed by atoms with Gasteiger partial charge in [0, 0.05) is 12.4 Å². The summed E-state index contributed by atoms with van der Waals surface area (Å²) >= 11 is 2.47. The number of H-pyrrole nitrogens is 1. The molecule has 0 unspecified atom stereocenters. The molecule has 11 heteroatoms. The molecule has 1 N–H and O–H groups in total. The van der Waals surface area contributed by atoms with Gasteiger partial charge in [0.25, 0.3) is 10.0 Å². The van der Waals surface area contributed by atoms with Gasteiger partial charge in [0.1, 0.15) is 9.22 Å². The third-order valence-corrected chi connectivity index (χ3v) is 8.48. The molecule has 3 heterocycles. The minimum Gasteiger partial charge on any atom is -0.466 e. The van der Waals surface area contributed by atoms with Gasteiger partial charge in [0.05, 0.1) is 29.9 Å². The van der Waals surface area contributed by atoms with Crippen molar-refractivity contribution in [2.45, 2.75) is 17.6 Å². The Kier molecular flexibility index (Phi) is 5.58. The van der Waals surface area contributed by atoms with Crippen LogP contribution >= 0.6 is 22.7 Å². The van der Waals surface area contributed by atoms with Crippen LogP contribution in [0.15, 0.2) is 46.0 Å². The number of esters is 1. The summed E-state index contributed by atoms with van der Waals surface area (Å²) in [6.07, 6.45) is 0.0682. The number of nitrogens with one attached hydrogen (secondary N) is 1. The first-order valence-corrected chi connectivity index (χ1v) is 12.2. The van der Waals surface area contributed by atoms with Crippen LogP contribution in [0.3, 0.4) is 0 Å². The minimum atomic E-state index is -3.66. The Morgan fingerprint density at radius 3 is 2.80 bits per heavy atom. The number of thiophene rings is 1. The van der Waals surface area contributed by atoms with Gasteiger partial charge in [-0.1, -0.05) is 29.5 Å². The van der Waals surface area contributed by atoms with Crippen LogP contribution in [0.25, 0.3) is 21.6 Å². The van der Waals surface area contributed by atoms with E-state index in [0.717, 1.165) is 5.39 Å². The molecule has 0 amide bonds. The van der Waals surface area contributed by atoms with Gasteiger partial charge >= 0.3 is 5.97 Å². The van der Waals surface area contributed by atoms with E-state index >= 15 is 0 Å². The molecule has 0 bridgehead atoms. The summed E-state index contributed by atoms with van der Waals surface area (Å²) in [5, 5.41) is 12.0. The molecule has 0 aliphatic rings. The van der Waals surface area contributed by atoms with Gasteiger partial charge in [-0.2, -0.15) is 0 Å². The highest BCUT2D eigenvalue weighted by molar-refractivity contribution is 7.94. The first kappa shape index (κ1) is 20.5. The third kappa shape index (κ3) is 3.83. The van der Waals surface area contributed by atoms with Crippen LogP contribution in [-0.2, 0) is 26.0 Å². The van der Waals surface area contributed by atoms with Gasteiger partial charge in [-0.05, 0) is 30.5 Å². The first-order valence-electron chi connectivity index (χ1n) is 9.02. The standard InChI is InChI=1S/C19H18N4O4S3/c1-3-27-16(24)11-15-21-22-19(29-15)13-10-12-6-4-7-14(18(12)20-13)23(2)30(25,26)17-8-5-9-28-17/h4-10,20H,3,11H2,1-2H3. The highest BCUT2D eigenvalue weighted by atomic mass is 32.2. The predicted molar refractivity (Wildman–Crippen MR) is 117 cm³/mol. The number of hydrogen-bond acceptors (Lipinski definition) is 8. The number of para-hydroxylation sites is 1. The predicted octanol–water partition coefficient (Wildman–Crippen LogP) is 3.68. The summed E-state index contributed by atoms with van der Waals surface area (Å²) in [6, 6.07) is 10.6. The molecule has 156 valence electrons. The molecular weight excluding hydrogens is 444 g/mol. The van der Waals surface area contributed by atoms with E-state index in [1.54, 1.807) is 30.5 Å². The summed E-state index contributed by atoms with van der Waals surface area (Å²) in [6.45, 7) is 2.07. The van der Waals surface area contributed by atoms with Crippen molar-refractivity contribution in [3.05, 3.63) is 46.8 Å². The van der Waals surface area contributed by atoms with Crippen molar-refractivity contribution in [3.63, 3.8) is 0 Å². The number of sulfonamides is 1. The fraction of sp³-hybridized carbons (Fsp3) is 0.211. The maximum atomic E-state index is 12.9. The zero-order chi connectivity index (χ0) is 21.3. The molecule has 0 fully saturated rings. The lowest BCUT2D eigenvalue weighted by Gasteiger charge is -2.19. The van der Waals surface area contributed by atoms with Gasteiger partial charge < -0.3 is 9.72 Å². The van der Waals surface area contributed by atoms with Crippen molar-refractivity contribution in [2.75, 3.05) is 18.0 Å². The second-order valence-electron chi connectivity index (χ2n) is 6.31. The van der Waals surface area contributed by atoms with Gasteiger partial charge in [-0.25, -0.2) is 8.42 Å². The lowest BCUT2D eigenvalue weighted by molar-refractivity contribution is -0.142. The van der Waals surface area contributed by atoms with Gasteiger partial charge in [-0.3, -0.25) is 9.10 Å². The molecule has 0 aliphatic heterocycles. The Bertz CT molecular complexity index is 1290. The van der Waals surface area contributed by atoms with Crippen LogP contribution < -0.4 is 4.31 Å². The second kappa shape index (κ2) is 8.17. The van der Waals surface area contributed by atoms with Crippen LogP contribution in [0.5, 0.6) is 0 Å². The van der Waals surface area contributed by atoms with Crippen molar-refractivity contribution in [1.82, 2.24) is 15.2 Å². The fourth-order valence-electron chi connectivity index (χ4n) is 2.96. The maximum Gasteiger partial charge on any atom is 0.312 e. The van der Waals surface area contributed by atoms with E-state index in [0.29, 0.717) is 33.5 Å². The number of ether oxygens (including phenoxy) is 1. The van der Waals surface area contributed by atoms with Crippen molar-refractivity contribution in [3.8, 4) is 10.7 Å². The van der Waals surface area contributed by atoms with E-state index in [4.69, 9.17) is 4.74 Å². The van der Waals surface area contributed by atoms with E-state index in [9.17, 15) is 13.2 Å². The molecule has 4 rings (SSSR count). The van der Waals surface area contributed by atoms with E-state index in [1.807, 2.05) is 18.2 Å². The van der Waals surface area contributed by atoms with Crippen LogP contribution in [0.1, 0.15) is 11.9 Å². The number of aromatic amines is 1. The zero-order valence-corrected chi connectivity index (χ0v) is 18.6. The van der Waals surface area contributed by atoms with Gasteiger partial charge in [0.15, 0.2) is 5.01 Å². The second-order valence-corrected chi connectivity index (χ2v) is 10.5. The lowest BCUT2D eigenvalue weighted by atomic mass is 10.2. The molecule has 0 atom stereocenters. The fourth-order valence-corrected chi connectivity index (χ4v) is 6.13. The van der Waals surface area contributed by atoms with Crippen LogP contribution in [0.2, 0.25) is 0 Å². The maximum absolute atomic E-state index is 12.9. The van der Waals surface area contributed by atoms with Gasteiger partial charge in [0.2, 0.25) is 0 Å². The molecule has 30 heavy (non-hydrogen) atoms. The Morgan fingerprint density at radius 1 is 1.23 bits per heavy atom. The Morgan fingerprint density at radius 2 is 2.07 bits per heavy atom. The molecular formula is C19H18N4O4S3. The van der Waals surface area contributed by atoms with Crippen molar-refractivity contribution >= 4 is 55.3 Å². The number of rotatable bonds is 7. The molecule has 0 radical (unpaired) electrons. The monoisotopic (exact) mass is 462 g/mol. The zero-order valence-electron chi connectivity index (χ0n) is 16.2. The number of aromatic nitrogens is 3. The molecule has 3 aromatic heterocycles. The summed E-state index contributed by atoms with van der Waals surface area (Å²) in [5.74, 6) is -0.348. The number of anilines is 1. The lowest BCUT2D eigenvalue weighted by Crippen LogP contribution is -2.26. The van der Waals surface area contributed by atoms with E-state index < -0.39 is 10.0 Å². The summed E-state index contributed by atoms with van der Waals surface area (Å²) in [7, 11) is -2.12. The average Bonchev–Trinajstić information content (AvgIpc) is 3.46. The number of hydrogen-bond donors (Lipinski definition) is 1. The molecule has 0 aliphatic carbocycles. The molecule has 1 aromatic carbocycles. The first-order chi connectivity index (χ1) is 14.4. The highest BCUT2D eigenvalue weighted by Gasteiger charge is 2.24. The van der Waals surface area contributed by atoms with Gasteiger partial charge in [-0.15, -0.1) is 21.5 Å². The topological polar surface area (TPSA) is 105 Å².